The van der Waals surface area contributed by atoms with Gasteiger partial charge in [-0.2, -0.15) is 0 Å². The Bertz CT molecular complexity index is 577. The Kier molecular flexibility index (Phi) is 3.96. The highest BCUT2D eigenvalue weighted by atomic mass is 35.5. The van der Waals surface area contributed by atoms with Gasteiger partial charge >= 0.3 is 0 Å². The fourth-order valence-corrected chi connectivity index (χ4v) is 3.32. The molecule has 2 N–H and O–H groups in total. The summed E-state index contributed by atoms with van der Waals surface area (Å²) in [6, 6.07) is 9.21. The summed E-state index contributed by atoms with van der Waals surface area (Å²) in [4.78, 5) is 7.91. The number of benzene rings is 1. The minimum atomic E-state index is 0.378. The van der Waals surface area contributed by atoms with Crippen molar-refractivity contribution in [3.05, 3.63) is 45.9 Å². The first-order valence-corrected chi connectivity index (χ1v) is 8.04. The Morgan fingerprint density at radius 3 is 2.65 bits per heavy atom. The van der Waals surface area contributed by atoms with Crippen LogP contribution in [0, 0.1) is 0 Å². The molecule has 20 heavy (non-hydrogen) atoms. The summed E-state index contributed by atoms with van der Waals surface area (Å²) in [7, 11) is 0. The first-order chi connectivity index (χ1) is 9.63. The van der Waals surface area contributed by atoms with Crippen LogP contribution in [0.25, 0.3) is 0 Å². The van der Waals surface area contributed by atoms with Crippen LogP contribution in [0.1, 0.15) is 36.2 Å². The molecule has 3 nitrogen and oxygen atoms in total. The van der Waals surface area contributed by atoms with Gasteiger partial charge < -0.3 is 5.73 Å². The van der Waals surface area contributed by atoms with Crippen LogP contribution in [0.5, 0.6) is 0 Å². The number of nitrogens with zero attached hydrogens (tertiary/aromatic N) is 2. The van der Waals surface area contributed by atoms with Gasteiger partial charge in [-0.05, 0) is 37.5 Å². The number of aromatic nitrogens is 1. The molecule has 1 saturated carbocycles. The van der Waals surface area contributed by atoms with Gasteiger partial charge in [-0.1, -0.05) is 23.7 Å². The Balaban J connectivity index is 1.77. The van der Waals surface area contributed by atoms with Crippen molar-refractivity contribution >= 4 is 28.1 Å². The zero-order valence-corrected chi connectivity index (χ0v) is 13.0. The monoisotopic (exact) mass is 307 g/mol. The smallest absolute Gasteiger partial charge is 0.180 e. The summed E-state index contributed by atoms with van der Waals surface area (Å²) in [6.45, 7) is 3.18. The first kappa shape index (κ1) is 13.9. The van der Waals surface area contributed by atoms with Crippen LogP contribution < -0.4 is 5.73 Å². The molecule has 106 valence electrons. The van der Waals surface area contributed by atoms with E-state index in [1.54, 1.807) is 11.3 Å². The summed E-state index contributed by atoms with van der Waals surface area (Å²) in [5.41, 5.74) is 7.03. The lowest BCUT2D eigenvalue weighted by atomic mass is 10.1. The van der Waals surface area contributed by atoms with Crippen LogP contribution >= 0.6 is 22.9 Å². The standard InChI is InChI=1S/C15H18ClN3S/c1-10(11-2-4-12(16)5-3-11)19(13-6-7-13)9-14-8-18-15(17)20-14/h2-5,8,10,13H,6-7,9H2,1H3,(H2,17,18). The molecule has 1 aromatic carbocycles. The van der Waals surface area contributed by atoms with Crippen LogP contribution in [0.15, 0.2) is 30.5 Å². The van der Waals surface area contributed by atoms with E-state index in [0.717, 1.165) is 11.6 Å². The summed E-state index contributed by atoms with van der Waals surface area (Å²) >= 11 is 7.55. The van der Waals surface area contributed by atoms with Crippen molar-refractivity contribution in [3.63, 3.8) is 0 Å². The number of nitrogens with two attached hydrogens (primary N) is 1. The number of hydrogen-bond donors (Lipinski definition) is 1. The molecule has 1 aromatic heterocycles. The first-order valence-electron chi connectivity index (χ1n) is 6.85. The normalized spacial score (nSPS) is 16.6. The molecule has 0 saturated heterocycles. The average Bonchev–Trinajstić information content (AvgIpc) is 3.19. The van der Waals surface area contributed by atoms with Gasteiger partial charge in [0.1, 0.15) is 0 Å². The largest absolute Gasteiger partial charge is 0.375 e. The van der Waals surface area contributed by atoms with E-state index in [0.29, 0.717) is 17.2 Å². The number of thiazole rings is 1. The van der Waals surface area contributed by atoms with Gasteiger partial charge in [0.2, 0.25) is 0 Å². The number of nitrogen functional groups attached to an aromatic ring is 1. The topological polar surface area (TPSA) is 42.2 Å². The maximum Gasteiger partial charge on any atom is 0.180 e. The maximum absolute atomic E-state index is 5.97. The van der Waals surface area contributed by atoms with Crippen LogP contribution in [-0.2, 0) is 6.54 Å². The fraction of sp³-hybridized carbons (Fsp3) is 0.400. The van der Waals surface area contributed by atoms with E-state index in [1.807, 2.05) is 18.3 Å². The van der Waals surface area contributed by atoms with Gasteiger partial charge in [-0.15, -0.1) is 11.3 Å². The van der Waals surface area contributed by atoms with Crippen LogP contribution in [-0.4, -0.2) is 15.9 Å². The van der Waals surface area contributed by atoms with Crippen LogP contribution in [0.4, 0.5) is 5.13 Å². The molecule has 3 rings (SSSR count). The molecule has 1 heterocycles. The molecular formula is C15H18ClN3S. The molecule has 0 aliphatic heterocycles. The third-order valence-electron chi connectivity index (χ3n) is 3.78. The molecule has 0 spiro atoms. The quantitative estimate of drug-likeness (QED) is 0.904. The zero-order valence-electron chi connectivity index (χ0n) is 11.4. The van der Waals surface area contributed by atoms with Gasteiger partial charge in [-0.25, -0.2) is 4.98 Å². The maximum atomic E-state index is 5.97. The third kappa shape index (κ3) is 3.14. The van der Waals surface area contributed by atoms with Crippen LogP contribution in [0.2, 0.25) is 5.02 Å². The van der Waals surface area contributed by atoms with Crippen molar-refractivity contribution in [2.24, 2.45) is 0 Å². The van der Waals surface area contributed by atoms with Crippen molar-refractivity contribution in [2.45, 2.75) is 38.4 Å². The van der Waals surface area contributed by atoms with Gasteiger partial charge in [-0.3, -0.25) is 4.90 Å². The van der Waals surface area contributed by atoms with E-state index in [-0.39, 0.29) is 0 Å². The Hall–Kier alpha value is -1.10. The Labute approximate surface area is 128 Å². The van der Waals surface area contributed by atoms with Crippen molar-refractivity contribution in [2.75, 3.05) is 5.73 Å². The number of anilines is 1. The molecule has 1 aliphatic carbocycles. The molecule has 5 heteroatoms. The highest BCUT2D eigenvalue weighted by molar-refractivity contribution is 7.15. The third-order valence-corrected chi connectivity index (χ3v) is 4.84. The highest BCUT2D eigenvalue weighted by Crippen LogP contribution is 2.36. The SMILES string of the molecule is CC(c1ccc(Cl)cc1)N(Cc1cnc(N)s1)C1CC1. The van der Waals surface area contributed by atoms with E-state index < -0.39 is 0 Å². The second-order valence-corrected chi connectivity index (χ2v) is 6.88. The lowest BCUT2D eigenvalue weighted by Gasteiger charge is -2.29. The van der Waals surface area contributed by atoms with Crippen molar-refractivity contribution in [1.29, 1.82) is 0 Å². The molecule has 0 radical (unpaired) electrons. The van der Waals surface area contributed by atoms with Gasteiger partial charge in [0.25, 0.3) is 0 Å². The predicted octanol–water partition coefficient (Wildman–Crippen LogP) is 4.10. The molecule has 1 fully saturated rings. The fourth-order valence-electron chi connectivity index (χ4n) is 2.50. The minimum Gasteiger partial charge on any atom is -0.375 e. The Morgan fingerprint density at radius 1 is 1.40 bits per heavy atom. The highest BCUT2D eigenvalue weighted by Gasteiger charge is 2.33. The molecule has 1 unspecified atom stereocenters. The summed E-state index contributed by atoms with van der Waals surface area (Å²) in [5, 5.41) is 1.43. The minimum absolute atomic E-state index is 0.378. The summed E-state index contributed by atoms with van der Waals surface area (Å²) < 4.78 is 0. The van der Waals surface area contributed by atoms with Crippen LogP contribution in [0.3, 0.4) is 0 Å². The average molecular weight is 308 g/mol. The predicted molar refractivity (Wildman–Crippen MR) is 85.0 cm³/mol. The van der Waals surface area contributed by atoms with E-state index in [2.05, 4.69) is 28.9 Å². The molecule has 2 aromatic rings. The summed E-state index contributed by atoms with van der Waals surface area (Å²) in [5.74, 6) is 0. The van der Waals surface area contributed by atoms with E-state index >= 15 is 0 Å². The molecule has 1 atom stereocenters. The number of hydrogen-bond acceptors (Lipinski definition) is 4. The van der Waals surface area contributed by atoms with Crippen molar-refractivity contribution in [1.82, 2.24) is 9.88 Å². The molecule has 0 amide bonds. The second kappa shape index (κ2) is 5.72. The zero-order chi connectivity index (χ0) is 14.1. The lowest BCUT2D eigenvalue weighted by Crippen LogP contribution is -2.28. The van der Waals surface area contributed by atoms with Gasteiger partial charge in [0.05, 0.1) is 0 Å². The van der Waals surface area contributed by atoms with Crippen molar-refractivity contribution in [3.8, 4) is 0 Å². The van der Waals surface area contributed by atoms with E-state index in [9.17, 15) is 0 Å². The lowest BCUT2D eigenvalue weighted by molar-refractivity contribution is 0.192. The van der Waals surface area contributed by atoms with E-state index in [4.69, 9.17) is 17.3 Å². The van der Waals surface area contributed by atoms with Crippen molar-refractivity contribution < 1.29 is 0 Å². The molecule has 1 aliphatic rings. The van der Waals surface area contributed by atoms with Gasteiger partial charge in [0.15, 0.2) is 5.13 Å². The number of rotatable bonds is 5. The Morgan fingerprint density at radius 2 is 2.10 bits per heavy atom. The summed E-state index contributed by atoms with van der Waals surface area (Å²) in [6.07, 6.45) is 4.46. The molecular weight excluding hydrogens is 290 g/mol. The van der Waals surface area contributed by atoms with E-state index in [1.165, 1.54) is 23.3 Å². The van der Waals surface area contributed by atoms with Gasteiger partial charge in [0, 0.05) is 34.7 Å². The molecule has 0 bridgehead atoms. The second-order valence-electron chi connectivity index (χ2n) is 5.30. The number of halogens is 1.